The molecule has 146 valence electrons. The van der Waals surface area contributed by atoms with Crippen molar-refractivity contribution in [1.82, 2.24) is 14.4 Å². The smallest absolute Gasteiger partial charge is 0.419 e. The van der Waals surface area contributed by atoms with Gasteiger partial charge in [0.2, 0.25) is 5.91 Å². The van der Waals surface area contributed by atoms with E-state index in [-0.39, 0.29) is 25.0 Å². The van der Waals surface area contributed by atoms with Crippen LogP contribution in [-0.4, -0.2) is 58.1 Å². The van der Waals surface area contributed by atoms with Crippen LogP contribution in [0.4, 0.5) is 4.79 Å². The van der Waals surface area contributed by atoms with Gasteiger partial charge in [-0.05, 0) is 32.9 Å². The molecule has 3 rings (SSSR count). The van der Waals surface area contributed by atoms with Gasteiger partial charge in [0, 0.05) is 39.1 Å². The van der Waals surface area contributed by atoms with E-state index in [0.29, 0.717) is 37.3 Å². The van der Waals surface area contributed by atoms with Crippen LogP contribution in [-0.2, 0) is 16.1 Å². The highest BCUT2D eigenvalue weighted by Crippen LogP contribution is 2.14. The molecule has 1 aliphatic heterocycles. The van der Waals surface area contributed by atoms with Gasteiger partial charge in [0.05, 0.1) is 5.52 Å². The third-order valence-corrected chi connectivity index (χ3v) is 4.41. The monoisotopic (exact) mass is 375 g/mol. The summed E-state index contributed by atoms with van der Waals surface area (Å²) in [6.07, 6.45) is -0.151. The molecule has 2 amide bonds. The molecule has 0 radical (unpaired) electrons. The summed E-state index contributed by atoms with van der Waals surface area (Å²) in [6.45, 7) is 7.54. The van der Waals surface area contributed by atoms with E-state index in [1.54, 1.807) is 28.0 Å². The largest absolute Gasteiger partial charge is 0.444 e. The molecule has 0 unspecified atom stereocenters. The number of amides is 2. The first-order valence-corrected chi connectivity index (χ1v) is 9.09. The molecule has 1 saturated heterocycles. The van der Waals surface area contributed by atoms with Crippen molar-refractivity contribution in [2.75, 3.05) is 26.2 Å². The Labute approximate surface area is 157 Å². The number of piperazine rings is 1. The lowest BCUT2D eigenvalue weighted by molar-refractivity contribution is -0.133. The van der Waals surface area contributed by atoms with Crippen LogP contribution in [0, 0.1) is 0 Å². The van der Waals surface area contributed by atoms with Crippen LogP contribution >= 0.6 is 0 Å². The van der Waals surface area contributed by atoms with Crippen molar-refractivity contribution in [1.29, 1.82) is 0 Å². The van der Waals surface area contributed by atoms with Crippen molar-refractivity contribution < 1.29 is 18.7 Å². The number of para-hydroxylation sites is 2. The fourth-order valence-corrected chi connectivity index (χ4v) is 3.06. The Hall–Kier alpha value is -2.77. The molecule has 8 heteroatoms. The van der Waals surface area contributed by atoms with E-state index >= 15 is 0 Å². The van der Waals surface area contributed by atoms with Crippen LogP contribution in [0.1, 0.15) is 27.2 Å². The predicted molar refractivity (Wildman–Crippen MR) is 99.5 cm³/mol. The molecular weight excluding hydrogens is 350 g/mol. The van der Waals surface area contributed by atoms with Gasteiger partial charge in [-0.3, -0.25) is 9.36 Å². The molecule has 0 N–H and O–H groups in total. The predicted octanol–water partition coefficient (Wildman–Crippen LogP) is 2.06. The van der Waals surface area contributed by atoms with Crippen molar-refractivity contribution in [3.8, 4) is 0 Å². The highest BCUT2D eigenvalue weighted by atomic mass is 16.6. The molecule has 0 aliphatic carbocycles. The first kappa shape index (κ1) is 19.0. The van der Waals surface area contributed by atoms with Crippen LogP contribution in [0.3, 0.4) is 0 Å². The molecule has 8 nitrogen and oxygen atoms in total. The number of hydrogen-bond donors (Lipinski definition) is 0. The van der Waals surface area contributed by atoms with Crippen molar-refractivity contribution in [2.45, 2.75) is 39.3 Å². The number of ether oxygens (including phenoxy) is 1. The molecule has 1 aromatic heterocycles. The highest BCUT2D eigenvalue weighted by Gasteiger charge is 2.27. The van der Waals surface area contributed by atoms with Crippen LogP contribution in [0.5, 0.6) is 0 Å². The third kappa shape index (κ3) is 4.50. The normalized spacial score (nSPS) is 15.2. The lowest BCUT2D eigenvalue weighted by atomic mass is 10.2. The molecule has 1 aromatic carbocycles. The van der Waals surface area contributed by atoms with E-state index in [4.69, 9.17) is 9.15 Å². The molecule has 27 heavy (non-hydrogen) atoms. The summed E-state index contributed by atoms with van der Waals surface area (Å²) >= 11 is 0. The molecular formula is C19H25N3O5. The van der Waals surface area contributed by atoms with Crippen molar-refractivity contribution in [2.24, 2.45) is 0 Å². The van der Waals surface area contributed by atoms with Gasteiger partial charge < -0.3 is 19.0 Å². The minimum atomic E-state index is -0.537. The van der Waals surface area contributed by atoms with Crippen molar-refractivity contribution in [3.05, 3.63) is 34.8 Å². The van der Waals surface area contributed by atoms with E-state index < -0.39 is 11.4 Å². The van der Waals surface area contributed by atoms with Gasteiger partial charge in [-0.25, -0.2) is 9.59 Å². The Bertz CT molecular complexity index is 885. The summed E-state index contributed by atoms with van der Waals surface area (Å²) in [5, 5.41) is 0. The van der Waals surface area contributed by atoms with Crippen LogP contribution < -0.4 is 5.76 Å². The fourth-order valence-electron chi connectivity index (χ4n) is 3.06. The quantitative estimate of drug-likeness (QED) is 0.820. The number of carbonyl (C=O) groups is 2. The van der Waals surface area contributed by atoms with E-state index in [1.807, 2.05) is 26.8 Å². The van der Waals surface area contributed by atoms with Crippen molar-refractivity contribution >= 4 is 23.1 Å². The first-order valence-electron chi connectivity index (χ1n) is 9.09. The molecule has 0 atom stereocenters. The SMILES string of the molecule is CC(C)(C)OC(=O)N1CCN(C(=O)CCn2c(=O)oc3ccccc32)CC1. The van der Waals surface area contributed by atoms with Crippen LogP contribution in [0.15, 0.2) is 33.5 Å². The van der Waals surface area contributed by atoms with E-state index in [9.17, 15) is 14.4 Å². The molecule has 1 fully saturated rings. The maximum absolute atomic E-state index is 12.5. The maximum Gasteiger partial charge on any atom is 0.419 e. The number of benzene rings is 1. The second-order valence-corrected chi connectivity index (χ2v) is 7.59. The molecule has 2 aromatic rings. The zero-order valence-corrected chi connectivity index (χ0v) is 15.9. The minimum Gasteiger partial charge on any atom is -0.444 e. The number of fused-ring (bicyclic) bond motifs is 1. The second-order valence-electron chi connectivity index (χ2n) is 7.59. The zero-order chi connectivity index (χ0) is 19.6. The zero-order valence-electron chi connectivity index (χ0n) is 15.9. The number of rotatable bonds is 3. The topological polar surface area (TPSA) is 85.0 Å². The van der Waals surface area contributed by atoms with Gasteiger partial charge in [-0.2, -0.15) is 0 Å². The number of aryl methyl sites for hydroxylation is 1. The van der Waals surface area contributed by atoms with Crippen LogP contribution in [0.25, 0.3) is 11.1 Å². The maximum atomic E-state index is 12.5. The number of oxazole rings is 1. The summed E-state index contributed by atoms with van der Waals surface area (Å²) in [5.74, 6) is -0.505. The van der Waals surface area contributed by atoms with E-state index in [0.717, 1.165) is 0 Å². The van der Waals surface area contributed by atoms with Gasteiger partial charge in [0.1, 0.15) is 5.60 Å². The summed E-state index contributed by atoms with van der Waals surface area (Å²) in [6, 6.07) is 7.14. The standard InChI is InChI=1S/C19H25N3O5/c1-19(2,3)27-17(24)21-12-10-20(11-13-21)16(23)8-9-22-14-6-4-5-7-15(14)26-18(22)25/h4-7H,8-13H2,1-3H3. The molecule has 0 saturated carbocycles. The third-order valence-electron chi connectivity index (χ3n) is 4.41. The Morgan fingerprint density at radius 3 is 2.37 bits per heavy atom. The Morgan fingerprint density at radius 2 is 1.70 bits per heavy atom. The molecule has 0 bridgehead atoms. The van der Waals surface area contributed by atoms with Crippen molar-refractivity contribution in [3.63, 3.8) is 0 Å². The van der Waals surface area contributed by atoms with Gasteiger partial charge >= 0.3 is 11.8 Å². The minimum absolute atomic E-state index is 0.0454. The van der Waals surface area contributed by atoms with E-state index in [2.05, 4.69) is 0 Å². The molecule has 0 spiro atoms. The Balaban J connectivity index is 1.53. The van der Waals surface area contributed by atoms with Gasteiger partial charge in [0.25, 0.3) is 0 Å². The van der Waals surface area contributed by atoms with Gasteiger partial charge in [-0.15, -0.1) is 0 Å². The summed E-state index contributed by atoms with van der Waals surface area (Å²) in [7, 11) is 0. The highest BCUT2D eigenvalue weighted by molar-refractivity contribution is 5.77. The van der Waals surface area contributed by atoms with Gasteiger partial charge in [0.15, 0.2) is 5.58 Å². The summed E-state index contributed by atoms with van der Waals surface area (Å²) < 4.78 is 12.0. The molecule has 1 aliphatic rings. The Kier molecular flexibility index (Phi) is 5.25. The van der Waals surface area contributed by atoms with E-state index in [1.165, 1.54) is 4.57 Å². The number of hydrogen-bond acceptors (Lipinski definition) is 5. The summed E-state index contributed by atoms with van der Waals surface area (Å²) in [5.41, 5.74) is 0.663. The second kappa shape index (κ2) is 7.46. The first-order chi connectivity index (χ1) is 12.7. The number of aromatic nitrogens is 1. The number of nitrogens with zero attached hydrogens (tertiary/aromatic N) is 3. The van der Waals surface area contributed by atoms with Gasteiger partial charge in [-0.1, -0.05) is 12.1 Å². The summed E-state index contributed by atoms with van der Waals surface area (Å²) in [4.78, 5) is 39.9. The average molecular weight is 375 g/mol. The lowest BCUT2D eigenvalue weighted by Gasteiger charge is -2.35. The average Bonchev–Trinajstić information content (AvgIpc) is 2.93. The lowest BCUT2D eigenvalue weighted by Crippen LogP contribution is -2.51. The fraction of sp³-hybridized carbons (Fsp3) is 0.526. The Morgan fingerprint density at radius 1 is 1.07 bits per heavy atom. The van der Waals surface area contributed by atoms with Crippen LogP contribution in [0.2, 0.25) is 0 Å². The number of carbonyl (C=O) groups excluding carboxylic acids is 2. The molecule has 2 heterocycles.